The Morgan fingerprint density at radius 1 is 0.340 bits per heavy atom. The molecule has 0 aliphatic heterocycles. The first-order valence-electron chi connectivity index (χ1n) is 17.7. The lowest BCUT2D eigenvalue weighted by Crippen LogP contribution is -2.25. The topological polar surface area (TPSA) is 0 Å². The summed E-state index contributed by atoms with van der Waals surface area (Å²) in [5.41, 5.74) is 8.78. The van der Waals surface area contributed by atoms with E-state index in [9.17, 15) is 0 Å². The third-order valence-corrected chi connectivity index (χ3v) is 12.3. The summed E-state index contributed by atoms with van der Waals surface area (Å²) in [5.74, 6) is 3.37. The summed E-state index contributed by atoms with van der Waals surface area (Å²) in [4.78, 5) is 0. The van der Waals surface area contributed by atoms with E-state index in [-0.39, 0.29) is 0 Å². The number of hydrogen-bond acceptors (Lipinski definition) is 0. The largest absolute Gasteiger partial charge is 0.0616 e. The molecule has 2 atom stereocenters. The smallest absolute Gasteiger partial charge is 0.00199 e. The fourth-order valence-electron chi connectivity index (χ4n) is 10.5. The first-order valence-corrected chi connectivity index (χ1v) is 17.7. The van der Waals surface area contributed by atoms with E-state index in [1.165, 1.54) is 108 Å². The van der Waals surface area contributed by atoms with E-state index in [0.717, 1.165) is 23.7 Å². The molecule has 4 aliphatic rings. The maximum Gasteiger partial charge on any atom is -0.00199 e. The third kappa shape index (κ3) is 3.82. The first kappa shape index (κ1) is 26.2. The molecule has 0 nitrogen and oxygen atoms in total. The van der Waals surface area contributed by atoms with Crippen LogP contribution in [0.2, 0.25) is 0 Å². The lowest BCUT2D eigenvalue weighted by atomic mass is 9.67. The Hall–Kier alpha value is -4.94. The Morgan fingerprint density at radius 3 is 1.53 bits per heavy atom. The van der Waals surface area contributed by atoms with Gasteiger partial charge in [-0.25, -0.2) is 0 Å². The zero-order chi connectivity index (χ0) is 30.6. The second-order valence-electron chi connectivity index (χ2n) is 14.9. The molecule has 12 rings (SSSR count). The van der Waals surface area contributed by atoms with Crippen molar-refractivity contribution in [3.05, 3.63) is 145 Å². The van der Waals surface area contributed by atoms with Gasteiger partial charge in [0.05, 0.1) is 0 Å². The van der Waals surface area contributed by atoms with Gasteiger partial charge >= 0.3 is 0 Å². The van der Waals surface area contributed by atoms with Crippen LogP contribution in [0.15, 0.2) is 133 Å². The highest BCUT2D eigenvalue weighted by Crippen LogP contribution is 2.57. The Kier molecular flexibility index (Phi) is 5.45. The highest BCUT2D eigenvalue weighted by atomic mass is 14.5. The van der Waals surface area contributed by atoms with Gasteiger partial charge in [-0.15, -0.1) is 0 Å². The van der Waals surface area contributed by atoms with Crippen molar-refractivity contribution in [1.29, 1.82) is 0 Å². The third-order valence-electron chi connectivity index (χ3n) is 12.3. The summed E-state index contributed by atoms with van der Waals surface area (Å²) in [6.07, 6.45) is 7.09. The summed E-state index contributed by atoms with van der Waals surface area (Å²) < 4.78 is 0. The van der Waals surface area contributed by atoms with Crippen LogP contribution in [-0.4, -0.2) is 0 Å². The minimum absolute atomic E-state index is 0.734. The van der Waals surface area contributed by atoms with Crippen molar-refractivity contribution in [3.8, 4) is 22.3 Å². The molecule has 0 saturated heterocycles. The van der Waals surface area contributed by atoms with Crippen LogP contribution >= 0.6 is 0 Å². The molecule has 0 spiro atoms. The summed E-state index contributed by atoms with van der Waals surface area (Å²) >= 11 is 0. The summed E-state index contributed by atoms with van der Waals surface area (Å²) in [7, 11) is 0. The number of rotatable bonds is 2. The standard InChI is InChI=1S/C47H36/c1-2-10-31-25-44-35(24-30(31)9-1)27-45(38-12-4-3-11-37(38)44)47-41-15-7-5-13-39(41)46(40-14-6-8-16-42(40)47)32-17-18-36-33-20-28-19-29(21-33)23-34(22-28)43(36)26-32/h1-18,24-29,33-34H,19-23H2. The maximum absolute atomic E-state index is 2.63. The fourth-order valence-corrected chi connectivity index (χ4v) is 10.5. The summed E-state index contributed by atoms with van der Waals surface area (Å²) in [5, 5.41) is 13.2. The Morgan fingerprint density at radius 2 is 0.872 bits per heavy atom. The molecule has 47 heavy (non-hydrogen) atoms. The predicted octanol–water partition coefficient (Wildman–Crippen LogP) is 13.2. The second-order valence-corrected chi connectivity index (χ2v) is 14.9. The highest BCUT2D eigenvalue weighted by molar-refractivity contribution is 6.26. The lowest BCUT2D eigenvalue weighted by molar-refractivity contribution is 0.166. The van der Waals surface area contributed by atoms with Crippen molar-refractivity contribution in [1.82, 2.24) is 0 Å². The van der Waals surface area contributed by atoms with Gasteiger partial charge in [0.1, 0.15) is 0 Å². The normalized spacial score (nSPS) is 21.6. The van der Waals surface area contributed by atoms with E-state index >= 15 is 0 Å². The van der Waals surface area contributed by atoms with E-state index in [2.05, 4.69) is 133 Å². The Labute approximate surface area is 275 Å². The van der Waals surface area contributed by atoms with Crippen LogP contribution in [-0.2, 0) is 0 Å². The number of benzene rings is 8. The van der Waals surface area contributed by atoms with Gasteiger partial charge in [0.15, 0.2) is 0 Å². The van der Waals surface area contributed by atoms with Crippen molar-refractivity contribution in [2.75, 3.05) is 0 Å². The first-order chi connectivity index (χ1) is 23.3. The van der Waals surface area contributed by atoms with Crippen molar-refractivity contribution in [2.24, 2.45) is 11.8 Å². The average Bonchev–Trinajstić information content (AvgIpc) is 3.28. The molecule has 0 heterocycles. The quantitative estimate of drug-likeness (QED) is 0.137. The van der Waals surface area contributed by atoms with Crippen LogP contribution in [0.5, 0.6) is 0 Å². The zero-order valence-electron chi connectivity index (χ0n) is 26.5. The van der Waals surface area contributed by atoms with Gasteiger partial charge in [-0.2, -0.15) is 0 Å². The molecule has 0 aromatic heterocycles. The van der Waals surface area contributed by atoms with Crippen LogP contribution in [0.1, 0.15) is 55.1 Å². The second kappa shape index (κ2) is 9.79. The van der Waals surface area contributed by atoms with Crippen LogP contribution in [0, 0.1) is 11.8 Å². The SMILES string of the molecule is c1ccc2cc3c(cc(-c4c5ccccc5c(-c5ccc6c(c5)C5CC7CC(CC6C7)C5)c5ccccc45)c4ccccc43)cc2c1. The molecule has 4 aliphatic carbocycles. The van der Waals surface area contributed by atoms with Gasteiger partial charge in [0.25, 0.3) is 0 Å². The molecule has 0 N–H and O–H groups in total. The Bertz CT molecular complexity index is 2510. The van der Waals surface area contributed by atoms with Crippen molar-refractivity contribution >= 4 is 53.9 Å². The van der Waals surface area contributed by atoms with Crippen molar-refractivity contribution < 1.29 is 0 Å². The predicted molar refractivity (Wildman–Crippen MR) is 200 cm³/mol. The van der Waals surface area contributed by atoms with Gasteiger partial charge in [-0.3, -0.25) is 0 Å². The van der Waals surface area contributed by atoms with Gasteiger partial charge in [0, 0.05) is 0 Å². The number of fused-ring (bicyclic) bond motifs is 6. The molecular formula is C47H36. The summed E-state index contributed by atoms with van der Waals surface area (Å²) in [6, 6.07) is 51.1. The fraction of sp³-hybridized carbons (Fsp3) is 0.191. The molecule has 0 radical (unpaired) electrons. The van der Waals surface area contributed by atoms with E-state index < -0.39 is 0 Å². The van der Waals surface area contributed by atoms with Gasteiger partial charge in [-0.1, -0.05) is 115 Å². The van der Waals surface area contributed by atoms with Crippen molar-refractivity contribution in [2.45, 2.75) is 43.9 Å². The molecule has 4 bridgehead atoms. The lowest BCUT2D eigenvalue weighted by Gasteiger charge is -2.38. The maximum atomic E-state index is 2.63. The minimum atomic E-state index is 0.734. The monoisotopic (exact) mass is 600 g/mol. The molecular weight excluding hydrogens is 565 g/mol. The van der Waals surface area contributed by atoms with Crippen LogP contribution < -0.4 is 0 Å². The van der Waals surface area contributed by atoms with Gasteiger partial charge < -0.3 is 0 Å². The average molecular weight is 601 g/mol. The zero-order valence-corrected chi connectivity index (χ0v) is 26.5. The molecule has 0 amide bonds. The van der Waals surface area contributed by atoms with Crippen LogP contribution in [0.25, 0.3) is 76.1 Å². The molecule has 8 aromatic rings. The van der Waals surface area contributed by atoms with Gasteiger partial charge in [0.2, 0.25) is 0 Å². The van der Waals surface area contributed by atoms with Crippen LogP contribution in [0.3, 0.4) is 0 Å². The van der Waals surface area contributed by atoms with Crippen molar-refractivity contribution in [3.63, 3.8) is 0 Å². The molecule has 2 saturated carbocycles. The molecule has 0 heteroatoms. The van der Waals surface area contributed by atoms with E-state index in [1.54, 1.807) is 11.1 Å². The molecule has 2 fully saturated rings. The van der Waals surface area contributed by atoms with E-state index in [0.29, 0.717) is 0 Å². The van der Waals surface area contributed by atoms with E-state index in [4.69, 9.17) is 0 Å². The highest BCUT2D eigenvalue weighted by Gasteiger charge is 2.42. The number of hydrogen-bond donors (Lipinski definition) is 0. The molecule has 8 aromatic carbocycles. The minimum Gasteiger partial charge on any atom is -0.0616 e. The Balaban J connectivity index is 1.21. The van der Waals surface area contributed by atoms with E-state index in [1.807, 2.05) is 0 Å². The van der Waals surface area contributed by atoms with Crippen LogP contribution in [0.4, 0.5) is 0 Å². The summed E-state index contributed by atoms with van der Waals surface area (Å²) in [6.45, 7) is 0. The molecule has 224 valence electrons. The molecule has 2 unspecified atom stereocenters. The van der Waals surface area contributed by atoms with Gasteiger partial charge in [-0.05, 0) is 161 Å².